The Labute approximate surface area is 172 Å². The molecular weight excluding hydrogens is 368 g/mol. The second-order valence-corrected chi connectivity index (χ2v) is 9.10. The van der Waals surface area contributed by atoms with Crippen LogP contribution in [-0.4, -0.2) is 42.8 Å². The van der Waals surface area contributed by atoms with Crippen molar-refractivity contribution < 1.29 is 9.53 Å². The molecule has 3 rings (SSSR count). The van der Waals surface area contributed by atoms with Crippen molar-refractivity contribution >= 4 is 17.9 Å². The molecule has 0 aromatic heterocycles. The summed E-state index contributed by atoms with van der Waals surface area (Å²) in [6.07, 6.45) is 0.463. The van der Waals surface area contributed by atoms with Crippen molar-refractivity contribution in [3.05, 3.63) is 59.2 Å². The Bertz CT molecular complexity index is 829. The largest absolute Gasteiger partial charge is 0.443 e. The van der Waals surface area contributed by atoms with E-state index in [2.05, 4.69) is 61.6 Å². The molecule has 1 aliphatic heterocycles. The molecule has 150 valence electrons. The molecule has 1 aliphatic rings. The molecule has 0 spiro atoms. The first-order valence-corrected chi connectivity index (χ1v) is 10.7. The number of ether oxygens (including phenoxy) is 1. The van der Waals surface area contributed by atoms with Crippen LogP contribution in [0.1, 0.15) is 30.5 Å². The van der Waals surface area contributed by atoms with Gasteiger partial charge in [-0.05, 0) is 51.0 Å². The number of carbonyl (C=O) groups is 1. The Hall–Kier alpha value is -1.98. The number of amides is 1. The summed E-state index contributed by atoms with van der Waals surface area (Å²) < 4.78 is 5.88. The van der Waals surface area contributed by atoms with Crippen LogP contribution in [0, 0.1) is 13.8 Å². The fourth-order valence-corrected chi connectivity index (χ4v) is 4.44. The monoisotopic (exact) mass is 398 g/mol. The first-order chi connectivity index (χ1) is 13.3. The minimum atomic E-state index is -0.569. The van der Waals surface area contributed by atoms with E-state index < -0.39 is 5.60 Å². The van der Waals surface area contributed by atoms with Gasteiger partial charge in [-0.2, -0.15) is 0 Å². The van der Waals surface area contributed by atoms with Crippen LogP contribution < -0.4 is 5.32 Å². The first-order valence-electron chi connectivity index (χ1n) is 9.86. The first kappa shape index (κ1) is 20.7. The number of aryl methyl sites for hydroxylation is 2. The van der Waals surface area contributed by atoms with Crippen LogP contribution in [0.5, 0.6) is 0 Å². The van der Waals surface area contributed by atoms with Crippen molar-refractivity contribution in [2.24, 2.45) is 0 Å². The Morgan fingerprint density at radius 2 is 1.82 bits per heavy atom. The van der Waals surface area contributed by atoms with Gasteiger partial charge in [-0.1, -0.05) is 47.7 Å². The van der Waals surface area contributed by atoms with Gasteiger partial charge in [-0.15, -0.1) is 0 Å². The lowest BCUT2D eigenvalue weighted by atomic mass is 9.98. The fourth-order valence-electron chi connectivity index (χ4n) is 3.42. The zero-order valence-corrected chi connectivity index (χ0v) is 18.1. The molecule has 0 atom stereocenters. The molecule has 1 fully saturated rings. The summed E-state index contributed by atoms with van der Waals surface area (Å²) in [5.74, 6) is 0. The maximum absolute atomic E-state index is 12.5. The van der Waals surface area contributed by atoms with Crippen LogP contribution in [0.2, 0.25) is 0 Å². The average Bonchev–Trinajstić information content (AvgIpc) is 2.65. The van der Waals surface area contributed by atoms with E-state index >= 15 is 0 Å². The van der Waals surface area contributed by atoms with Gasteiger partial charge in [0.05, 0.1) is 0 Å². The number of piperazine rings is 1. The highest BCUT2D eigenvalue weighted by molar-refractivity contribution is 7.99. The van der Waals surface area contributed by atoms with Gasteiger partial charge in [0.15, 0.2) is 0 Å². The quantitative estimate of drug-likeness (QED) is 0.784. The third-order valence-electron chi connectivity index (χ3n) is 4.88. The second kappa shape index (κ2) is 9.01. The van der Waals surface area contributed by atoms with E-state index in [9.17, 15) is 4.79 Å². The Balaban J connectivity index is 1.71. The van der Waals surface area contributed by atoms with Gasteiger partial charge in [0.1, 0.15) is 5.60 Å². The van der Waals surface area contributed by atoms with Crippen LogP contribution >= 0.6 is 11.8 Å². The van der Waals surface area contributed by atoms with Crippen molar-refractivity contribution in [1.82, 2.24) is 10.2 Å². The van der Waals surface area contributed by atoms with Crippen molar-refractivity contribution in [3.8, 4) is 0 Å². The number of rotatable bonds is 5. The van der Waals surface area contributed by atoms with Gasteiger partial charge in [0.2, 0.25) is 0 Å². The van der Waals surface area contributed by atoms with E-state index in [0.29, 0.717) is 19.5 Å². The molecule has 1 heterocycles. The minimum absolute atomic E-state index is 0.217. The average molecular weight is 399 g/mol. The summed E-state index contributed by atoms with van der Waals surface area (Å²) in [6, 6.07) is 14.9. The fraction of sp³-hybridized carbons (Fsp3) is 0.435. The lowest BCUT2D eigenvalue weighted by molar-refractivity contribution is 0.0117. The number of benzene rings is 2. The topological polar surface area (TPSA) is 41.6 Å². The molecule has 0 unspecified atom stereocenters. The van der Waals surface area contributed by atoms with Gasteiger partial charge in [0, 0.05) is 42.4 Å². The van der Waals surface area contributed by atoms with Crippen molar-refractivity contribution in [2.75, 3.05) is 26.2 Å². The van der Waals surface area contributed by atoms with Crippen LogP contribution in [0.4, 0.5) is 4.79 Å². The molecule has 0 bridgehead atoms. The molecule has 1 saturated heterocycles. The number of nitrogens with zero attached hydrogens (tertiary/aromatic N) is 1. The van der Waals surface area contributed by atoms with Gasteiger partial charge in [-0.3, -0.25) is 0 Å². The van der Waals surface area contributed by atoms with Crippen LogP contribution in [0.15, 0.2) is 52.3 Å². The van der Waals surface area contributed by atoms with E-state index in [0.717, 1.165) is 13.1 Å². The molecule has 4 nitrogen and oxygen atoms in total. The van der Waals surface area contributed by atoms with Crippen LogP contribution in [-0.2, 0) is 11.2 Å². The molecule has 0 radical (unpaired) electrons. The summed E-state index contributed by atoms with van der Waals surface area (Å²) >= 11 is 1.78. The molecular formula is C23H30N2O2S. The lowest BCUT2D eigenvalue weighted by Crippen LogP contribution is -2.48. The maximum Gasteiger partial charge on any atom is 0.410 e. The summed E-state index contributed by atoms with van der Waals surface area (Å²) in [5, 5.41) is 3.26. The molecule has 5 heteroatoms. The zero-order chi connectivity index (χ0) is 20.1. The Morgan fingerprint density at radius 1 is 1.11 bits per heavy atom. The van der Waals surface area contributed by atoms with Gasteiger partial charge in [0.25, 0.3) is 0 Å². The van der Waals surface area contributed by atoms with Gasteiger partial charge < -0.3 is 15.0 Å². The molecule has 1 N–H and O–H groups in total. The standard InChI is InChI=1S/C23H30N2O2S/c1-17-9-10-20(18(2)15-17)28-21-8-6-5-7-19(21)16-23(3,4)27-22(26)25-13-11-24-12-14-25/h5-10,15,24H,11-14,16H2,1-4H3. The van der Waals surface area contributed by atoms with Crippen molar-refractivity contribution in [1.29, 1.82) is 0 Å². The van der Waals surface area contributed by atoms with E-state index in [1.807, 2.05) is 13.8 Å². The molecule has 0 aliphatic carbocycles. The molecule has 0 saturated carbocycles. The molecule has 2 aromatic rings. The summed E-state index contributed by atoms with van der Waals surface area (Å²) in [6.45, 7) is 11.3. The number of hydrogen-bond donors (Lipinski definition) is 1. The third kappa shape index (κ3) is 5.52. The van der Waals surface area contributed by atoms with Gasteiger partial charge in [-0.25, -0.2) is 4.79 Å². The SMILES string of the molecule is Cc1ccc(Sc2ccccc2CC(C)(C)OC(=O)N2CCNCC2)c(C)c1. The van der Waals surface area contributed by atoms with E-state index in [-0.39, 0.29) is 6.09 Å². The summed E-state index contributed by atoms with van der Waals surface area (Å²) in [5.41, 5.74) is 3.19. The van der Waals surface area contributed by atoms with Gasteiger partial charge >= 0.3 is 6.09 Å². The predicted octanol–water partition coefficient (Wildman–Crippen LogP) is 4.82. The number of nitrogens with one attached hydrogen (secondary N) is 1. The highest BCUT2D eigenvalue weighted by Crippen LogP contribution is 2.34. The minimum Gasteiger partial charge on any atom is -0.443 e. The number of carbonyl (C=O) groups excluding carboxylic acids is 1. The van der Waals surface area contributed by atoms with E-state index in [4.69, 9.17) is 4.74 Å². The third-order valence-corrected chi connectivity index (χ3v) is 6.17. The van der Waals surface area contributed by atoms with E-state index in [1.54, 1.807) is 16.7 Å². The summed E-state index contributed by atoms with van der Waals surface area (Å²) in [7, 11) is 0. The van der Waals surface area contributed by atoms with Crippen molar-refractivity contribution in [2.45, 2.75) is 49.5 Å². The predicted molar refractivity (Wildman–Crippen MR) is 115 cm³/mol. The molecule has 1 amide bonds. The molecule has 2 aromatic carbocycles. The normalized spacial score (nSPS) is 14.8. The Kier molecular flexibility index (Phi) is 6.68. The highest BCUT2D eigenvalue weighted by atomic mass is 32.2. The van der Waals surface area contributed by atoms with Crippen LogP contribution in [0.25, 0.3) is 0 Å². The van der Waals surface area contributed by atoms with E-state index in [1.165, 1.54) is 26.5 Å². The van der Waals surface area contributed by atoms with Crippen molar-refractivity contribution in [3.63, 3.8) is 0 Å². The molecule has 28 heavy (non-hydrogen) atoms. The summed E-state index contributed by atoms with van der Waals surface area (Å²) in [4.78, 5) is 16.8. The highest BCUT2D eigenvalue weighted by Gasteiger charge is 2.28. The zero-order valence-electron chi connectivity index (χ0n) is 17.2. The lowest BCUT2D eigenvalue weighted by Gasteiger charge is -2.32. The Morgan fingerprint density at radius 3 is 2.54 bits per heavy atom. The van der Waals surface area contributed by atoms with Crippen LogP contribution in [0.3, 0.4) is 0 Å². The maximum atomic E-state index is 12.5. The smallest absolute Gasteiger partial charge is 0.410 e. The second-order valence-electron chi connectivity index (χ2n) is 8.02. The number of hydrogen-bond acceptors (Lipinski definition) is 4.